The number of ether oxygens (including phenoxy) is 1. The van der Waals surface area contributed by atoms with E-state index in [2.05, 4.69) is 0 Å². The Labute approximate surface area is 182 Å². The zero-order chi connectivity index (χ0) is 23.3. The molecule has 1 heterocycles. The number of amides is 1. The SMILES string of the molecule is O=C(c1cc([N+](=O)[O-])ccc1OCCCO)N1CCN(c2ccc(C(F)(F)F)cc2)CC1. The second-order valence-electron chi connectivity index (χ2n) is 7.19. The van der Waals surface area contributed by atoms with Gasteiger partial charge in [-0.1, -0.05) is 0 Å². The number of rotatable bonds is 7. The van der Waals surface area contributed by atoms with Crippen LogP contribution in [0.3, 0.4) is 0 Å². The van der Waals surface area contributed by atoms with Gasteiger partial charge in [-0.3, -0.25) is 14.9 Å². The lowest BCUT2D eigenvalue weighted by Crippen LogP contribution is -2.48. The fraction of sp³-hybridized carbons (Fsp3) is 0.381. The van der Waals surface area contributed by atoms with Crippen molar-refractivity contribution in [2.45, 2.75) is 12.6 Å². The molecule has 1 aliphatic heterocycles. The van der Waals surface area contributed by atoms with Crippen LogP contribution in [0.5, 0.6) is 5.75 Å². The van der Waals surface area contributed by atoms with Crippen molar-refractivity contribution in [1.29, 1.82) is 0 Å². The number of nitrogens with zero attached hydrogens (tertiary/aromatic N) is 3. The van der Waals surface area contributed by atoms with Crippen LogP contribution in [0, 0.1) is 10.1 Å². The molecule has 3 rings (SSSR count). The largest absolute Gasteiger partial charge is 0.493 e. The van der Waals surface area contributed by atoms with Gasteiger partial charge in [-0.2, -0.15) is 13.2 Å². The predicted octanol–water partition coefficient (Wildman–Crippen LogP) is 3.34. The lowest BCUT2D eigenvalue weighted by atomic mass is 10.1. The summed E-state index contributed by atoms with van der Waals surface area (Å²) in [5, 5.41) is 20.1. The summed E-state index contributed by atoms with van der Waals surface area (Å²) in [7, 11) is 0. The molecule has 0 aliphatic carbocycles. The van der Waals surface area contributed by atoms with Crippen LogP contribution in [0.1, 0.15) is 22.3 Å². The van der Waals surface area contributed by atoms with Crippen LogP contribution in [0.2, 0.25) is 0 Å². The molecular formula is C21H22F3N3O5. The minimum absolute atomic E-state index is 0.0557. The van der Waals surface area contributed by atoms with Gasteiger partial charge in [0.1, 0.15) is 5.75 Å². The van der Waals surface area contributed by atoms with E-state index >= 15 is 0 Å². The van der Waals surface area contributed by atoms with E-state index in [9.17, 15) is 28.1 Å². The molecule has 0 unspecified atom stereocenters. The highest BCUT2D eigenvalue weighted by Crippen LogP contribution is 2.31. The molecule has 2 aromatic carbocycles. The number of anilines is 1. The fourth-order valence-electron chi connectivity index (χ4n) is 3.37. The molecule has 1 fully saturated rings. The minimum atomic E-state index is -4.40. The Morgan fingerprint density at radius 2 is 1.75 bits per heavy atom. The zero-order valence-electron chi connectivity index (χ0n) is 17.0. The Hall–Kier alpha value is -3.34. The Balaban J connectivity index is 1.70. The van der Waals surface area contributed by atoms with Gasteiger partial charge in [-0.25, -0.2) is 0 Å². The van der Waals surface area contributed by atoms with Gasteiger partial charge >= 0.3 is 6.18 Å². The summed E-state index contributed by atoms with van der Waals surface area (Å²) >= 11 is 0. The molecule has 0 saturated carbocycles. The predicted molar refractivity (Wildman–Crippen MR) is 110 cm³/mol. The Bertz CT molecular complexity index is 958. The average molecular weight is 453 g/mol. The monoisotopic (exact) mass is 453 g/mol. The Morgan fingerprint density at radius 3 is 2.31 bits per heavy atom. The van der Waals surface area contributed by atoms with E-state index in [0.29, 0.717) is 38.3 Å². The molecule has 0 bridgehead atoms. The molecular weight excluding hydrogens is 431 g/mol. The third-order valence-corrected chi connectivity index (χ3v) is 5.09. The van der Waals surface area contributed by atoms with Gasteiger partial charge in [0.25, 0.3) is 11.6 Å². The number of non-ortho nitro benzene ring substituents is 1. The van der Waals surface area contributed by atoms with Crippen molar-refractivity contribution in [3.63, 3.8) is 0 Å². The maximum absolute atomic E-state index is 13.1. The van der Waals surface area contributed by atoms with Crippen LogP contribution < -0.4 is 9.64 Å². The van der Waals surface area contributed by atoms with Gasteiger partial charge in [0.15, 0.2) is 0 Å². The third kappa shape index (κ3) is 5.47. The summed E-state index contributed by atoms with van der Waals surface area (Å²) in [4.78, 5) is 27.0. The molecule has 11 heteroatoms. The van der Waals surface area contributed by atoms with Crippen LogP contribution >= 0.6 is 0 Å². The van der Waals surface area contributed by atoms with Gasteiger partial charge in [0.05, 0.1) is 22.7 Å². The number of benzene rings is 2. The molecule has 0 aromatic heterocycles. The van der Waals surface area contributed by atoms with Gasteiger partial charge in [-0.15, -0.1) is 0 Å². The van der Waals surface area contributed by atoms with E-state index < -0.39 is 22.6 Å². The number of carbonyl (C=O) groups is 1. The summed E-state index contributed by atoms with van der Waals surface area (Å²) in [5.74, 6) is -0.237. The average Bonchev–Trinajstić information content (AvgIpc) is 2.78. The van der Waals surface area contributed by atoms with Crippen molar-refractivity contribution in [3.05, 3.63) is 63.7 Å². The first-order chi connectivity index (χ1) is 15.2. The highest BCUT2D eigenvalue weighted by Gasteiger charge is 2.31. The van der Waals surface area contributed by atoms with Crippen LogP contribution in [0.25, 0.3) is 0 Å². The van der Waals surface area contributed by atoms with Gasteiger partial charge in [0.2, 0.25) is 0 Å². The van der Waals surface area contributed by atoms with E-state index in [4.69, 9.17) is 9.84 Å². The second kappa shape index (κ2) is 9.86. The third-order valence-electron chi connectivity index (χ3n) is 5.09. The van der Waals surface area contributed by atoms with Crippen LogP contribution in [0.4, 0.5) is 24.5 Å². The van der Waals surface area contributed by atoms with Crippen molar-refractivity contribution in [2.24, 2.45) is 0 Å². The minimum Gasteiger partial charge on any atom is -0.493 e. The standard InChI is InChI=1S/C21H22F3N3O5/c22-21(23,24)15-2-4-16(5-3-15)25-8-10-26(11-9-25)20(29)18-14-17(27(30)31)6-7-19(18)32-13-1-12-28/h2-7,14,28H,1,8-13H2. The number of halogens is 3. The normalized spacial score (nSPS) is 14.4. The van der Waals surface area contributed by atoms with Crippen LogP contribution in [0.15, 0.2) is 42.5 Å². The number of aliphatic hydroxyl groups excluding tert-OH is 1. The number of nitro groups is 1. The molecule has 1 aliphatic rings. The number of alkyl halides is 3. The van der Waals surface area contributed by atoms with Crippen LogP contribution in [-0.2, 0) is 6.18 Å². The maximum atomic E-state index is 13.1. The molecule has 1 saturated heterocycles. The van der Waals surface area contributed by atoms with E-state index in [0.717, 1.165) is 12.1 Å². The van der Waals surface area contributed by atoms with Gasteiger partial charge in [0, 0.05) is 57.0 Å². The molecule has 0 atom stereocenters. The summed E-state index contributed by atoms with van der Waals surface area (Å²) in [6.45, 7) is 1.43. The summed E-state index contributed by atoms with van der Waals surface area (Å²) < 4.78 is 43.8. The van der Waals surface area contributed by atoms with Gasteiger partial charge < -0.3 is 19.6 Å². The number of hydrogen-bond acceptors (Lipinski definition) is 6. The molecule has 1 N–H and O–H groups in total. The molecule has 0 spiro atoms. The topological polar surface area (TPSA) is 96.1 Å². The van der Waals surface area contributed by atoms with Crippen molar-refractivity contribution in [3.8, 4) is 5.75 Å². The Kier molecular flexibility index (Phi) is 7.18. The summed E-state index contributed by atoms with van der Waals surface area (Å²) in [5.41, 5.74) is -0.297. The van der Waals surface area contributed by atoms with E-state index in [1.165, 1.54) is 35.2 Å². The quantitative estimate of drug-likeness (QED) is 0.393. The first-order valence-electron chi connectivity index (χ1n) is 9.94. The number of aliphatic hydroxyl groups is 1. The highest BCUT2D eigenvalue weighted by atomic mass is 19.4. The van der Waals surface area contributed by atoms with Crippen LogP contribution in [-0.4, -0.2) is 60.2 Å². The van der Waals surface area contributed by atoms with E-state index in [1.54, 1.807) is 0 Å². The lowest BCUT2D eigenvalue weighted by molar-refractivity contribution is -0.384. The summed E-state index contributed by atoms with van der Waals surface area (Å²) in [6, 6.07) is 8.60. The molecule has 1 amide bonds. The smallest absolute Gasteiger partial charge is 0.416 e. The van der Waals surface area contributed by atoms with Gasteiger partial charge in [-0.05, 0) is 30.3 Å². The number of nitro benzene ring substituents is 1. The number of piperazine rings is 1. The number of carbonyl (C=O) groups excluding carboxylic acids is 1. The first-order valence-corrected chi connectivity index (χ1v) is 9.94. The molecule has 0 radical (unpaired) electrons. The fourth-order valence-corrected chi connectivity index (χ4v) is 3.37. The van der Waals surface area contributed by atoms with Crippen molar-refractivity contribution >= 4 is 17.3 Å². The lowest BCUT2D eigenvalue weighted by Gasteiger charge is -2.36. The van der Waals surface area contributed by atoms with Crippen molar-refractivity contribution in [2.75, 3.05) is 44.3 Å². The maximum Gasteiger partial charge on any atom is 0.416 e. The van der Waals surface area contributed by atoms with Crippen molar-refractivity contribution < 1.29 is 32.7 Å². The zero-order valence-corrected chi connectivity index (χ0v) is 17.0. The van der Waals surface area contributed by atoms with Crippen molar-refractivity contribution in [1.82, 2.24) is 4.90 Å². The number of hydrogen-bond donors (Lipinski definition) is 1. The van der Waals surface area contributed by atoms with E-state index in [1.807, 2.05) is 4.90 Å². The molecule has 32 heavy (non-hydrogen) atoms. The second-order valence-corrected chi connectivity index (χ2v) is 7.19. The Morgan fingerprint density at radius 1 is 1.09 bits per heavy atom. The summed E-state index contributed by atoms with van der Waals surface area (Å²) in [6.07, 6.45) is -4.06. The highest BCUT2D eigenvalue weighted by molar-refractivity contribution is 5.97. The molecule has 8 nitrogen and oxygen atoms in total. The first kappa shape index (κ1) is 23.3. The molecule has 172 valence electrons. The molecule has 2 aromatic rings. The van der Waals surface area contributed by atoms with E-state index in [-0.39, 0.29) is 30.2 Å².